The highest BCUT2D eigenvalue weighted by molar-refractivity contribution is 6.32. The fourth-order valence-electron chi connectivity index (χ4n) is 2.75. The summed E-state index contributed by atoms with van der Waals surface area (Å²) in [4.78, 5) is 12.4. The second-order valence-corrected chi connectivity index (χ2v) is 6.61. The summed E-state index contributed by atoms with van der Waals surface area (Å²) in [5.41, 5.74) is 0.466. The number of carbonyl (C=O) groups is 1. The van der Waals surface area contributed by atoms with E-state index in [0.29, 0.717) is 11.4 Å². The maximum atomic E-state index is 13.1. The van der Waals surface area contributed by atoms with Gasteiger partial charge in [0.15, 0.2) is 5.69 Å². The number of hydrogen-bond acceptors (Lipinski definition) is 3. The van der Waals surface area contributed by atoms with E-state index in [2.05, 4.69) is 10.4 Å². The maximum Gasteiger partial charge on any atom is 0.436 e. The van der Waals surface area contributed by atoms with Crippen LogP contribution in [-0.4, -0.2) is 22.8 Å². The summed E-state index contributed by atoms with van der Waals surface area (Å²) in [6.45, 7) is 1.49. The number of hydrogen-bond donors (Lipinski definition) is 1. The molecular formula is C17H17ClF3N3O2. The van der Waals surface area contributed by atoms with Gasteiger partial charge in [-0.1, -0.05) is 17.7 Å². The summed E-state index contributed by atoms with van der Waals surface area (Å²) >= 11 is 5.91. The van der Waals surface area contributed by atoms with Crippen LogP contribution in [0.2, 0.25) is 5.02 Å². The Kier molecular flexibility index (Phi) is 4.88. The van der Waals surface area contributed by atoms with Gasteiger partial charge in [0.25, 0.3) is 0 Å². The third kappa shape index (κ3) is 3.80. The zero-order chi connectivity index (χ0) is 19.1. The molecule has 0 saturated heterocycles. The summed E-state index contributed by atoms with van der Waals surface area (Å²) in [6.07, 6.45) is -3.20. The summed E-state index contributed by atoms with van der Waals surface area (Å²) in [5, 5.41) is 5.79. The minimum Gasteiger partial charge on any atom is -0.495 e. The fourth-order valence-corrected chi connectivity index (χ4v) is 3.14. The number of aromatic nitrogens is 2. The number of aryl methyl sites for hydroxylation is 1. The van der Waals surface area contributed by atoms with Crippen LogP contribution >= 0.6 is 11.6 Å². The van der Waals surface area contributed by atoms with Gasteiger partial charge in [-0.2, -0.15) is 18.3 Å². The predicted molar refractivity (Wildman–Crippen MR) is 90.6 cm³/mol. The van der Waals surface area contributed by atoms with Crippen molar-refractivity contribution >= 4 is 23.2 Å². The molecule has 0 aliphatic heterocycles. The predicted octanol–water partition coefficient (Wildman–Crippen LogP) is 4.39. The van der Waals surface area contributed by atoms with Gasteiger partial charge in [-0.25, -0.2) is 0 Å². The van der Waals surface area contributed by atoms with Crippen molar-refractivity contribution in [3.63, 3.8) is 0 Å². The number of anilines is 1. The van der Waals surface area contributed by atoms with Crippen molar-refractivity contribution in [2.24, 2.45) is 0 Å². The molecule has 0 bridgehead atoms. The number of carbonyl (C=O) groups excluding carboxylic acids is 1. The Morgan fingerprint density at radius 1 is 1.42 bits per heavy atom. The lowest BCUT2D eigenvalue weighted by molar-refractivity contribution is -0.141. The molecule has 3 rings (SSSR count). The van der Waals surface area contributed by atoms with Gasteiger partial charge in [-0.3, -0.25) is 9.48 Å². The topological polar surface area (TPSA) is 56.1 Å². The van der Waals surface area contributed by atoms with Gasteiger partial charge in [0.2, 0.25) is 5.91 Å². The van der Waals surface area contributed by atoms with Crippen LogP contribution in [0.4, 0.5) is 18.9 Å². The number of ether oxygens (including phenoxy) is 1. The highest BCUT2D eigenvalue weighted by atomic mass is 35.5. The molecule has 0 atom stereocenters. The Balaban J connectivity index is 1.85. The smallest absolute Gasteiger partial charge is 0.436 e. The third-order valence-corrected chi connectivity index (χ3v) is 4.46. The molecule has 1 heterocycles. The molecule has 1 amide bonds. The Labute approximate surface area is 153 Å². The molecule has 0 unspecified atom stereocenters. The van der Waals surface area contributed by atoms with Crippen LogP contribution in [0.25, 0.3) is 0 Å². The molecule has 140 valence electrons. The van der Waals surface area contributed by atoms with E-state index in [-0.39, 0.29) is 18.2 Å². The number of benzene rings is 1. The van der Waals surface area contributed by atoms with Crippen molar-refractivity contribution in [1.82, 2.24) is 9.78 Å². The van der Waals surface area contributed by atoms with E-state index < -0.39 is 22.8 Å². The lowest BCUT2D eigenvalue weighted by Crippen LogP contribution is -2.21. The Hall–Kier alpha value is -2.22. The van der Waals surface area contributed by atoms with Gasteiger partial charge in [0.05, 0.1) is 23.5 Å². The second-order valence-electron chi connectivity index (χ2n) is 6.23. The van der Waals surface area contributed by atoms with Crippen LogP contribution in [0, 0.1) is 6.92 Å². The number of alkyl halides is 3. The molecule has 5 nitrogen and oxygen atoms in total. The highest BCUT2D eigenvalue weighted by Gasteiger charge is 2.42. The first-order valence-corrected chi connectivity index (χ1v) is 8.36. The zero-order valence-corrected chi connectivity index (χ0v) is 14.9. The first-order valence-electron chi connectivity index (χ1n) is 7.98. The van der Waals surface area contributed by atoms with Crippen molar-refractivity contribution in [2.45, 2.75) is 38.4 Å². The molecule has 0 spiro atoms. The maximum absolute atomic E-state index is 13.1. The number of rotatable bonds is 5. The lowest BCUT2D eigenvalue weighted by Gasteiger charge is -2.12. The largest absolute Gasteiger partial charge is 0.495 e. The normalized spacial score (nSPS) is 14.4. The van der Waals surface area contributed by atoms with E-state index >= 15 is 0 Å². The van der Waals surface area contributed by atoms with Crippen LogP contribution in [0.15, 0.2) is 18.2 Å². The number of nitrogens with one attached hydrogen (secondary N) is 1. The lowest BCUT2D eigenvalue weighted by atomic mass is 10.2. The molecule has 2 aromatic rings. The van der Waals surface area contributed by atoms with Gasteiger partial charge in [0, 0.05) is 5.92 Å². The van der Waals surface area contributed by atoms with Gasteiger partial charge in [0.1, 0.15) is 12.3 Å². The standard InChI is InChI=1S/C17H17ClF3N3O2/c1-9-3-6-12(26-2)11(7-9)22-13(25)8-24-15(10-4-5-10)14(18)16(23-24)17(19,20)21/h3,6-7,10H,4-5,8H2,1-2H3,(H,22,25). The average molecular weight is 388 g/mol. The molecule has 1 aliphatic rings. The van der Waals surface area contributed by atoms with Crippen LogP contribution in [0.1, 0.15) is 35.7 Å². The molecule has 1 aromatic heterocycles. The SMILES string of the molecule is COc1ccc(C)cc1NC(=O)Cn1nc(C(F)(F)F)c(Cl)c1C1CC1. The molecule has 1 N–H and O–H groups in total. The van der Waals surface area contributed by atoms with Gasteiger partial charge in [-0.05, 0) is 37.5 Å². The average Bonchev–Trinajstić information content (AvgIpc) is 3.31. The highest BCUT2D eigenvalue weighted by Crippen LogP contribution is 2.46. The fraction of sp³-hybridized carbons (Fsp3) is 0.412. The van der Waals surface area contributed by atoms with Crippen molar-refractivity contribution in [1.29, 1.82) is 0 Å². The van der Waals surface area contributed by atoms with Gasteiger partial charge < -0.3 is 10.1 Å². The summed E-state index contributed by atoms with van der Waals surface area (Å²) in [6, 6.07) is 5.24. The van der Waals surface area contributed by atoms with Crippen LogP contribution in [-0.2, 0) is 17.5 Å². The number of methoxy groups -OCH3 is 1. The van der Waals surface area contributed by atoms with Crippen molar-refractivity contribution in [3.05, 3.63) is 40.2 Å². The zero-order valence-electron chi connectivity index (χ0n) is 14.2. The van der Waals surface area contributed by atoms with E-state index in [9.17, 15) is 18.0 Å². The van der Waals surface area contributed by atoms with Crippen LogP contribution < -0.4 is 10.1 Å². The minimum absolute atomic E-state index is 0.0904. The van der Waals surface area contributed by atoms with E-state index in [1.54, 1.807) is 12.1 Å². The minimum atomic E-state index is -4.66. The van der Waals surface area contributed by atoms with Crippen molar-refractivity contribution in [2.75, 3.05) is 12.4 Å². The Morgan fingerprint density at radius 3 is 2.69 bits per heavy atom. The van der Waals surface area contributed by atoms with Gasteiger partial charge in [-0.15, -0.1) is 0 Å². The molecule has 1 saturated carbocycles. The molecule has 1 aromatic carbocycles. The number of halogens is 4. The third-order valence-electron chi connectivity index (χ3n) is 4.09. The van der Waals surface area contributed by atoms with E-state index in [4.69, 9.17) is 16.3 Å². The summed E-state index contributed by atoms with van der Waals surface area (Å²) in [7, 11) is 1.47. The van der Waals surface area contributed by atoms with Crippen LogP contribution in [0.5, 0.6) is 5.75 Å². The van der Waals surface area contributed by atoms with E-state index in [0.717, 1.165) is 23.1 Å². The molecule has 0 radical (unpaired) electrons. The van der Waals surface area contributed by atoms with E-state index in [1.807, 2.05) is 13.0 Å². The first kappa shape index (κ1) is 18.6. The molecule has 1 fully saturated rings. The second kappa shape index (κ2) is 6.83. The molecular weight excluding hydrogens is 371 g/mol. The summed E-state index contributed by atoms with van der Waals surface area (Å²) < 4.78 is 45.5. The molecule has 9 heteroatoms. The quantitative estimate of drug-likeness (QED) is 0.827. The van der Waals surface area contributed by atoms with Crippen LogP contribution in [0.3, 0.4) is 0 Å². The summed E-state index contributed by atoms with van der Waals surface area (Å²) in [5.74, 6) is -0.142. The number of nitrogens with zero attached hydrogens (tertiary/aromatic N) is 2. The Morgan fingerprint density at radius 2 is 2.12 bits per heavy atom. The first-order chi connectivity index (χ1) is 12.2. The van der Waals surface area contributed by atoms with E-state index in [1.165, 1.54) is 7.11 Å². The molecule has 26 heavy (non-hydrogen) atoms. The van der Waals surface area contributed by atoms with Gasteiger partial charge >= 0.3 is 6.18 Å². The Bertz CT molecular complexity index is 845. The van der Waals surface area contributed by atoms with Crippen molar-refractivity contribution in [3.8, 4) is 5.75 Å². The monoisotopic (exact) mass is 387 g/mol. The van der Waals surface area contributed by atoms with Crippen molar-refractivity contribution < 1.29 is 22.7 Å². The molecule has 1 aliphatic carbocycles. The number of amides is 1.